The summed E-state index contributed by atoms with van der Waals surface area (Å²) < 4.78 is 12.4. The number of aromatic nitrogens is 2. The molecule has 56 heavy (non-hydrogen) atoms. The van der Waals surface area contributed by atoms with Crippen LogP contribution in [0, 0.1) is 6.92 Å². The maximum Gasteiger partial charge on any atom is 0.407 e. The van der Waals surface area contributed by atoms with Crippen LogP contribution >= 0.6 is 0 Å². The number of benzene rings is 3. The van der Waals surface area contributed by atoms with Gasteiger partial charge in [-0.2, -0.15) is 0 Å². The number of hydrogen-bond donors (Lipinski definition) is 3. The fourth-order valence-electron chi connectivity index (χ4n) is 6.21. The number of hydrogen-bond acceptors (Lipinski definition) is 9. The third-order valence-electron chi connectivity index (χ3n) is 9.46. The van der Waals surface area contributed by atoms with E-state index in [-0.39, 0.29) is 28.6 Å². The van der Waals surface area contributed by atoms with E-state index in [1.54, 1.807) is 37.5 Å². The standard InChI is InChI=1S/C43H55N7O6/c1-29-34(10-9-11-35(29)47-38(51)30-12-16-32(17-13-30)42(2,3)4)36-28-48(8)40(53)37(46-36)45-33-18-14-31(15-19-33)39(52)50-23-21-49(22-24-50)25-27-55-26-20-44-41(54)56-43(5,6)7/h9-19,28H,20-27H2,1-8H3,(H,44,54)(H,45,46)(H,47,51). The van der Waals surface area contributed by atoms with Gasteiger partial charge in [0.25, 0.3) is 17.4 Å². The molecule has 0 spiro atoms. The van der Waals surface area contributed by atoms with Crippen molar-refractivity contribution < 1.29 is 23.9 Å². The van der Waals surface area contributed by atoms with Crippen LogP contribution in [0.1, 0.15) is 73.4 Å². The van der Waals surface area contributed by atoms with Crippen LogP contribution in [0.3, 0.4) is 0 Å². The molecule has 3 amide bonds. The summed E-state index contributed by atoms with van der Waals surface area (Å²) in [4.78, 5) is 60.2. The lowest BCUT2D eigenvalue weighted by Gasteiger charge is -2.34. The van der Waals surface area contributed by atoms with Gasteiger partial charge in [-0.05, 0) is 86.7 Å². The summed E-state index contributed by atoms with van der Waals surface area (Å²) >= 11 is 0. The Hall–Kier alpha value is -5.53. The highest BCUT2D eigenvalue weighted by atomic mass is 16.6. The molecular formula is C43H55N7O6. The maximum absolute atomic E-state index is 13.3. The van der Waals surface area contributed by atoms with E-state index in [0.717, 1.165) is 36.3 Å². The Kier molecular flexibility index (Phi) is 13.3. The summed E-state index contributed by atoms with van der Waals surface area (Å²) in [6.45, 7) is 18.4. The zero-order valence-electron chi connectivity index (χ0n) is 33.8. The monoisotopic (exact) mass is 765 g/mol. The van der Waals surface area contributed by atoms with Crippen LogP contribution in [0.4, 0.5) is 22.0 Å². The van der Waals surface area contributed by atoms with Gasteiger partial charge in [-0.3, -0.25) is 19.3 Å². The Morgan fingerprint density at radius 2 is 1.50 bits per heavy atom. The van der Waals surface area contributed by atoms with Gasteiger partial charge >= 0.3 is 6.09 Å². The molecule has 0 atom stereocenters. The lowest BCUT2D eigenvalue weighted by molar-refractivity contribution is 0.0459. The predicted octanol–water partition coefficient (Wildman–Crippen LogP) is 6.35. The molecule has 3 N–H and O–H groups in total. The number of alkyl carbamates (subject to hydrolysis) is 1. The van der Waals surface area contributed by atoms with E-state index in [1.807, 2.05) is 75.1 Å². The number of ether oxygens (including phenoxy) is 2. The van der Waals surface area contributed by atoms with Crippen LogP contribution in [0.15, 0.2) is 77.7 Å². The Morgan fingerprint density at radius 1 is 0.839 bits per heavy atom. The fourth-order valence-corrected chi connectivity index (χ4v) is 6.21. The number of nitrogens with one attached hydrogen (secondary N) is 3. The average molecular weight is 766 g/mol. The van der Waals surface area contributed by atoms with Crippen LogP contribution in [0.5, 0.6) is 0 Å². The Morgan fingerprint density at radius 3 is 2.14 bits per heavy atom. The predicted molar refractivity (Wildman–Crippen MR) is 220 cm³/mol. The van der Waals surface area contributed by atoms with Gasteiger partial charge in [-0.15, -0.1) is 0 Å². The van der Waals surface area contributed by atoms with Crippen molar-refractivity contribution in [3.8, 4) is 11.3 Å². The molecule has 0 unspecified atom stereocenters. The minimum absolute atomic E-state index is 0.0124. The van der Waals surface area contributed by atoms with E-state index in [0.29, 0.717) is 61.0 Å². The Bertz CT molecular complexity index is 2060. The highest BCUT2D eigenvalue weighted by molar-refractivity contribution is 6.05. The highest BCUT2D eigenvalue weighted by Gasteiger charge is 2.23. The molecule has 1 aromatic heterocycles. The molecule has 0 saturated carbocycles. The lowest BCUT2D eigenvalue weighted by atomic mass is 9.86. The summed E-state index contributed by atoms with van der Waals surface area (Å²) in [6.07, 6.45) is 1.21. The van der Waals surface area contributed by atoms with Crippen molar-refractivity contribution >= 4 is 35.1 Å². The molecule has 298 valence electrons. The third-order valence-corrected chi connectivity index (χ3v) is 9.46. The molecule has 1 aliphatic rings. The quantitative estimate of drug-likeness (QED) is 0.141. The summed E-state index contributed by atoms with van der Waals surface area (Å²) in [5.74, 6) is -0.132. The van der Waals surface area contributed by atoms with Gasteiger partial charge in [0.1, 0.15) is 5.60 Å². The number of piperazine rings is 1. The normalized spacial score (nSPS) is 13.6. The van der Waals surface area contributed by atoms with Gasteiger partial charge in [0.15, 0.2) is 5.82 Å². The van der Waals surface area contributed by atoms with E-state index in [1.165, 1.54) is 4.57 Å². The number of anilines is 3. The number of amides is 3. The first kappa shape index (κ1) is 41.6. The van der Waals surface area contributed by atoms with E-state index in [9.17, 15) is 19.2 Å². The van der Waals surface area contributed by atoms with Crippen molar-refractivity contribution in [2.75, 3.05) is 63.1 Å². The number of nitrogens with zero attached hydrogens (tertiary/aromatic N) is 4. The van der Waals surface area contributed by atoms with Crippen molar-refractivity contribution in [3.63, 3.8) is 0 Å². The summed E-state index contributed by atoms with van der Waals surface area (Å²) in [5.41, 5.74) is 4.81. The molecule has 0 aliphatic carbocycles. The van der Waals surface area contributed by atoms with Gasteiger partial charge in [0.05, 0.1) is 18.9 Å². The molecule has 13 nitrogen and oxygen atoms in total. The first-order valence-corrected chi connectivity index (χ1v) is 19.0. The van der Waals surface area contributed by atoms with Gasteiger partial charge in [-0.25, -0.2) is 9.78 Å². The number of carbonyl (C=O) groups excluding carboxylic acids is 3. The summed E-state index contributed by atoms with van der Waals surface area (Å²) in [7, 11) is 1.67. The molecular weight excluding hydrogens is 711 g/mol. The Balaban J connectivity index is 1.14. The minimum Gasteiger partial charge on any atom is -0.444 e. The van der Waals surface area contributed by atoms with E-state index >= 15 is 0 Å². The van der Waals surface area contributed by atoms with Gasteiger partial charge in [0.2, 0.25) is 0 Å². The van der Waals surface area contributed by atoms with Crippen molar-refractivity contribution in [3.05, 3.63) is 106 Å². The molecule has 0 bridgehead atoms. The zero-order chi connectivity index (χ0) is 40.6. The van der Waals surface area contributed by atoms with Crippen molar-refractivity contribution in [1.29, 1.82) is 0 Å². The molecule has 1 fully saturated rings. The largest absolute Gasteiger partial charge is 0.444 e. The SMILES string of the molecule is Cc1c(NC(=O)c2ccc(C(C)(C)C)cc2)cccc1-c1cn(C)c(=O)c(Nc2ccc(C(=O)N3CCN(CCOCCNC(=O)OC(C)(C)C)CC3)cc2)n1. The van der Waals surface area contributed by atoms with Crippen molar-refractivity contribution in [2.45, 2.75) is 59.5 Å². The highest BCUT2D eigenvalue weighted by Crippen LogP contribution is 2.29. The molecule has 1 aliphatic heterocycles. The molecule has 4 aromatic rings. The average Bonchev–Trinajstić information content (AvgIpc) is 3.15. The van der Waals surface area contributed by atoms with Crippen molar-refractivity contribution in [2.24, 2.45) is 7.05 Å². The van der Waals surface area contributed by atoms with E-state index in [2.05, 4.69) is 41.6 Å². The summed E-state index contributed by atoms with van der Waals surface area (Å²) in [5, 5.41) is 8.85. The molecule has 1 saturated heterocycles. The van der Waals surface area contributed by atoms with Gasteiger partial charge in [0, 0.05) is 80.6 Å². The molecule has 3 aromatic carbocycles. The Labute approximate surface area is 329 Å². The first-order chi connectivity index (χ1) is 26.5. The van der Waals surface area contributed by atoms with Crippen LogP contribution in [-0.2, 0) is 21.9 Å². The fraction of sp³-hybridized carbons (Fsp3) is 0.419. The number of aryl methyl sites for hydroxylation is 1. The van der Waals surface area contributed by atoms with Crippen LogP contribution in [0.2, 0.25) is 0 Å². The lowest BCUT2D eigenvalue weighted by Crippen LogP contribution is -2.49. The van der Waals surface area contributed by atoms with Crippen LogP contribution in [0.25, 0.3) is 11.3 Å². The van der Waals surface area contributed by atoms with Crippen LogP contribution < -0.4 is 21.5 Å². The number of rotatable bonds is 12. The first-order valence-electron chi connectivity index (χ1n) is 19.0. The smallest absolute Gasteiger partial charge is 0.407 e. The molecule has 13 heteroatoms. The van der Waals surface area contributed by atoms with E-state index < -0.39 is 11.7 Å². The second kappa shape index (κ2) is 17.9. The van der Waals surface area contributed by atoms with Crippen LogP contribution in [-0.4, -0.2) is 95.3 Å². The van der Waals surface area contributed by atoms with E-state index in [4.69, 9.17) is 14.5 Å². The topological polar surface area (TPSA) is 147 Å². The molecule has 5 rings (SSSR count). The molecule has 0 radical (unpaired) electrons. The third kappa shape index (κ3) is 11.3. The van der Waals surface area contributed by atoms with Gasteiger partial charge < -0.3 is 34.9 Å². The molecule has 2 heterocycles. The minimum atomic E-state index is -0.540. The van der Waals surface area contributed by atoms with Gasteiger partial charge in [-0.1, -0.05) is 45.0 Å². The second-order valence-electron chi connectivity index (χ2n) is 16.0. The second-order valence-corrected chi connectivity index (χ2v) is 16.0. The number of carbonyl (C=O) groups is 3. The van der Waals surface area contributed by atoms with Crippen molar-refractivity contribution in [1.82, 2.24) is 24.7 Å². The maximum atomic E-state index is 13.3. The summed E-state index contributed by atoms with van der Waals surface area (Å²) in [6, 6.07) is 20.3. The zero-order valence-corrected chi connectivity index (χ0v) is 33.8.